The SMILES string of the molecule is Fc1cnc(C(F)(F)F)[nH]1. The first-order valence-corrected chi connectivity index (χ1v) is 2.28. The van der Waals surface area contributed by atoms with E-state index in [1.54, 1.807) is 0 Å². The number of nitrogens with zero attached hydrogens (tertiary/aromatic N) is 1. The average Bonchev–Trinajstić information content (AvgIpc) is 2.11. The molecule has 0 aliphatic heterocycles. The number of hydrogen-bond donors (Lipinski definition) is 1. The fourth-order valence-electron chi connectivity index (χ4n) is 0.443. The van der Waals surface area contributed by atoms with Gasteiger partial charge in [0, 0.05) is 0 Å². The van der Waals surface area contributed by atoms with E-state index in [4.69, 9.17) is 0 Å². The third-order valence-electron chi connectivity index (χ3n) is 0.813. The number of alkyl halides is 3. The van der Waals surface area contributed by atoms with Crippen molar-refractivity contribution in [2.24, 2.45) is 0 Å². The molecule has 1 N–H and O–H groups in total. The first kappa shape index (κ1) is 7.04. The van der Waals surface area contributed by atoms with Crippen LogP contribution in [0.5, 0.6) is 0 Å². The highest BCUT2D eigenvalue weighted by Gasteiger charge is 2.34. The number of aromatic amines is 1. The molecule has 0 amide bonds. The van der Waals surface area contributed by atoms with Crippen molar-refractivity contribution in [3.05, 3.63) is 18.0 Å². The van der Waals surface area contributed by atoms with Crippen LogP contribution in [0.15, 0.2) is 6.20 Å². The van der Waals surface area contributed by atoms with Gasteiger partial charge >= 0.3 is 6.18 Å². The van der Waals surface area contributed by atoms with Gasteiger partial charge in [-0.2, -0.15) is 17.6 Å². The highest BCUT2D eigenvalue weighted by Crippen LogP contribution is 2.25. The van der Waals surface area contributed by atoms with Crippen molar-refractivity contribution < 1.29 is 17.6 Å². The number of aromatic nitrogens is 2. The number of halogens is 4. The van der Waals surface area contributed by atoms with Crippen LogP contribution in [0.2, 0.25) is 0 Å². The molecule has 1 rings (SSSR count). The summed E-state index contributed by atoms with van der Waals surface area (Å²) in [6, 6.07) is 0. The Hall–Kier alpha value is -1.07. The van der Waals surface area contributed by atoms with Crippen LogP contribution < -0.4 is 0 Å². The molecule has 0 aliphatic rings. The minimum Gasteiger partial charge on any atom is -0.311 e. The zero-order valence-corrected chi connectivity index (χ0v) is 4.54. The molecule has 0 unspecified atom stereocenters. The van der Waals surface area contributed by atoms with E-state index in [1.807, 2.05) is 0 Å². The molecule has 6 heteroatoms. The summed E-state index contributed by atoms with van der Waals surface area (Å²) in [5, 5.41) is 0. The van der Waals surface area contributed by atoms with Gasteiger partial charge in [0.25, 0.3) is 0 Å². The lowest BCUT2D eigenvalue weighted by molar-refractivity contribution is -0.144. The van der Waals surface area contributed by atoms with Crippen LogP contribution in [0.25, 0.3) is 0 Å². The van der Waals surface area contributed by atoms with Crippen LogP contribution in [0, 0.1) is 5.95 Å². The van der Waals surface area contributed by atoms with Crippen molar-refractivity contribution in [2.75, 3.05) is 0 Å². The van der Waals surface area contributed by atoms with Crippen molar-refractivity contribution in [3.63, 3.8) is 0 Å². The molecule has 0 aromatic carbocycles. The first-order valence-electron chi connectivity index (χ1n) is 2.28. The van der Waals surface area contributed by atoms with Gasteiger partial charge < -0.3 is 4.98 Å². The summed E-state index contributed by atoms with van der Waals surface area (Å²) >= 11 is 0. The smallest absolute Gasteiger partial charge is 0.311 e. The summed E-state index contributed by atoms with van der Waals surface area (Å²) in [4.78, 5) is 4.14. The molecular weight excluding hydrogens is 152 g/mol. The van der Waals surface area contributed by atoms with Crippen molar-refractivity contribution in [1.29, 1.82) is 0 Å². The van der Waals surface area contributed by atoms with Gasteiger partial charge in [0.05, 0.1) is 6.20 Å². The molecule has 0 spiro atoms. The lowest BCUT2D eigenvalue weighted by Gasteiger charge is -1.98. The lowest BCUT2D eigenvalue weighted by Crippen LogP contribution is -2.07. The van der Waals surface area contributed by atoms with Crippen molar-refractivity contribution in [2.45, 2.75) is 6.18 Å². The van der Waals surface area contributed by atoms with Gasteiger partial charge in [0.15, 0.2) is 0 Å². The largest absolute Gasteiger partial charge is 0.449 e. The number of rotatable bonds is 0. The highest BCUT2D eigenvalue weighted by molar-refractivity contribution is 4.93. The molecule has 2 nitrogen and oxygen atoms in total. The monoisotopic (exact) mass is 154 g/mol. The summed E-state index contributed by atoms with van der Waals surface area (Å²) in [7, 11) is 0. The fourth-order valence-corrected chi connectivity index (χ4v) is 0.443. The third kappa shape index (κ3) is 1.26. The van der Waals surface area contributed by atoms with Crippen LogP contribution >= 0.6 is 0 Å². The zero-order chi connectivity index (χ0) is 7.78. The van der Waals surface area contributed by atoms with Crippen LogP contribution in [0.1, 0.15) is 5.82 Å². The van der Waals surface area contributed by atoms with Gasteiger partial charge in [-0.05, 0) is 0 Å². The maximum atomic E-state index is 11.8. The zero-order valence-electron chi connectivity index (χ0n) is 4.54. The summed E-state index contributed by atoms with van der Waals surface area (Å²) in [6.45, 7) is 0. The molecule has 0 fully saturated rings. The first-order chi connectivity index (χ1) is 4.50. The number of imidazole rings is 1. The van der Waals surface area contributed by atoms with E-state index in [2.05, 4.69) is 4.98 Å². The Bertz CT molecular complexity index is 225. The molecule has 1 aromatic rings. The standard InChI is InChI=1S/C4H2F4N2/c5-2-1-9-3(10-2)4(6,7)8/h1H,(H,9,10). The number of H-pyrrole nitrogens is 1. The second-order valence-electron chi connectivity index (χ2n) is 1.58. The van der Waals surface area contributed by atoms with Crippen LogP contribution in [0.4, 0.5) is 17.6 Å². The molecule has 10 heavy (non-hydrogen) atoms. The topological polar surface area (TPSA) is 28.7 Å². The van der Waals surface area contributed by atoms with Gasteiger partial charge in [-0.25, -0.2) is 4.98 Å². The second kappa shape index (κ2) is 1.96. The van der Waals surface area contributed by atoms with E-state index < -0.39 is 17.9 Å². The normalized spacial score (nSPS) is 12.0. The quantitative estimate of drug-likeness (QED) is 0.564. The van der Waals surface area contributed by atoms with Crippen molar-refractivity contribution in [1.82, 2.24) is 9.97 Å². The fraction of sp³-hybridized carbons (Fsp3) is 0.250. The Balaban J connectivity index is 2.96. The molecule has 0 atom stereocenters. The van der Waals surface area contributed by atoms with Gasteiger partial charge in [0.1, 0.15) is 0 Å². The highest BCUT2D eigenvalue weighted by atomic mass is 19.4. The van der Waals surface area contributed by atoms with Crippen molar-refractivity contribution >= 4 is 0 Å². The van der Waals surface area contributed by atoms with E-state index in [1.165, 1.54) is 4.98 Å². The predicted molar refractivity (Wildman–Crippen MR) is 23.5 cm³/mol. The Morgan fingerprint density at radius 2 is 2.00 bits per heavy atom. The van der Waals surface area contributed by atoms with E-state index >= 15 is 0 Å². The molecule has 1 aromatic heterocycles. The molecule has 0 bridgehead atoms. The molecule has 0 radical (unpaired) electrons. The maximum absolute atomic E-state index is 11.8. The molecule has 56 valence electrons. The van der Waals surface area contributed by atoms with Crippen LogP contribution in [-0.4, -0.2) is 9.97 Å². The summed E-state index contributed by atoms with van der Waals surface area (Å²) in [5.41, 5.74) is 0. The van der Waals surface area contributed by atoms with E-state index in [0.717, 1.165) is 0 Å². The minimum absolute atomic E-state index is 0.475. The lowest BCUT2D eigenvalue weighted by atomic mass is 10.6. The Labute approximate surface area is 52.9 Å². The number of nitrogens with one attached hydrogen (secondary N) is 1. The Kier molecular flexibility index (Phi) is 1.38. The average molecular weight is 154 g/mol. The molecular formula is C4H2F4N2. The summed E-state index contributed by atoms with van der Waals surface area (Å²) in [5.74, 6) is -2.41. The van der Waals surface area contributed by atoms with Gasteiger partial charge in [-0.15, -0.1) is 0 Å². The molecule has 0 saturated carbocycles. The van der Waals surface area contributed by atoms with E-state index in [9.17, 15) is 17.6 Å². The second-order valence-corrected chi connectivity index (χ2v) is 1.58. The third-order valence-corrected chi connectivity index (χ3v) is 0.813. The Morgan fingerprint density at radius 1 is 1.40 bits per heavy atom. The van der Waals surface area contributed by atoms with Gasteiger partial charge in [-0.3, -0.25) is 0 Å². The van der Waals surface area contributed by atoms with Gasteiger partial charge in [-0.1, -0.05) is 0 Å². The van der Waals surface area contributed by atoms with Gasteiger partial charge in [0.2, 0.25) is 11.8 Å². The Morgan fingerprint density at radius 3 is 2.20 bits per heavy atom. The van der Waals surface area contributed by atoms with Crippen molar-refractivity contribution in [3.8, 4) is 0 Å². The van der Waals surface area contributed by atoms with E-state index in [0.29, 0.717) is 6.20 Å². The minimum atomic E-state index is -4.59. The van der Waals surface area contributed by atoms with Crippen LogP contribution in [-0.2, 0) is 6.18 Å². The molecule has 0 saturated heterocycles. The maximum Gasteiger partial charge on any atom is 0.449 e. The van der Waals surface area contributed by atoms with E-state index in [-0.39, 0.29) is 0 Å². The molecule has 1 heterocycles. The predicted octanol–water partition coefficient (Wildman–Crippen LogP) is 1.57. The summed E-state index contributed by atoms with van der Waals surface area (Å²) in [6.07, 6.45) is -4.12. The van der Waals surface area contributed by atoms with Crippen LogP contribution in [0.3, 0.4) is 0 Å². The molecule has 0 aliphatic carbocycles. The summed E-state index contributed by atoms with van der Waals surface area (Å²) < 4.78 is 46.5. The number of hydrogen-bond acceptors (Lipinski definition) is 1.